The molecule has 0 atom stereocenters. The number of hydrogen-bond acceptors (Lipinski definition) is 5. The van der Waals surface area contributed by atoms with E-state index >= 15 is 0 Å². The second kappa shape index (κ2) is 12.1. The summed E-state index contributed by atoms with van der Waals surface area (Å²) in [5.41, 5.74) is 5.86. The number of ether oxygens (including phenoxy) is 1. The van der Waals surface area contributed by atoms with Crippen LogP contribution in [0.4, 0.5) is 5.69 Å². The summed E-state index contributed by atoms with van der Waals surface area (Å²) in [6, 6.07) is 12.5. The first-order chi connectivity index (χ1) is 14.9. The molecule has 2 rings (SSSR count). The number of unbranched alkanes of at least 4 members (excludes halogenated alkanes) is 1. The van der Waals surface area contributed by atoms with Crippen LogP contribution in [0.25, 0.3) is 0 Å². The summed E-state index contributed by atoms with van der Waals surface area (Å²) in [5, 5.41) is 9.07. The number of rotatable bonds is 9. The highest BCUT2D eigenvalue weighted by molar-refractivity contribution is 6.35. The Labute approximate surface area is 182 Å². The normalized spacial score (nSPS) is 10.5. The maximum Gasteiger partial charge on any atom is 0.329 e. The molecule has 0 spiro atoms. The molecule has 31 heavy (non-hydrogen) atoms. The monoisotopic (exact) mass is 424 g/mol. The molecule has 8 nitrogen and oxygen atoms in total. The van der Waals surface area contributed by atoms with Crippen LogP contribution in [0.1, 0.15) is 36.5 Å². The van der Waals surface area contributed by atoms with Gasteiger partial charge in [0, 0.05) is 12.2 Å². The lowest BCUT2D eigenvalue weighted by molar-refractivity contribution is -0.139. The van der Waals surface area contributed by atoms with Gasteiger partial charge in [0.25, 0.3) is 5.91 Å². The molecule has 8 heteroatoms. The molecular weight excluding hydrogens is 396 g/mol. The summed E-state index contributed by atoms with van der Waals surface area (Å²) >= 11 is 0. The number of nitrogens with zero attached hydrogens (tertiary/aromatic N) is 1. The van der Waals surface area contributed by atoms with Crippen LogP contribution in [0, 0.1) is 13.8 Å². The minimum absolute atomic E-state index is 0.121. The van der Waals surface area contributed by atoms with E-state index in [9.17, 15) is 14.4 Å². The smallest absolute Gasteiger partial charge is 0.329 e. The first-order valence-electron chi connectivity index (χ1n) is 10.1. The van der Waals surface area contributed by atoms with Gasteiger partial charge in [-0.2, -0.15) is 5.10 Å². The Hall–Kier alpha value is -3.68. The van der Waals surface area contributed by atoms with Gasteiger partial charge in [-0.05, 0) is 73.4 Å². The Balaban J connectivity index is 1.76. The molecule has 0 aliphatic heterocycles. The quantitative estimate of drug-likeness (QED) is 0.249. The number of carbonyl (C=O) groups is 3. The standard InChI is InChI=1S/C23H28N4O4/c1-4-5-12-24-22(29)23(30)27-25-14-18-7-10-20(11-8-18)31-15-21(28)26-19-9-6-16(2)17(3)13-19/h6-11,13-14H,4-5,12,15H2,1-3H3,(H,24,29)(H,26,28)(H,27,30)/b25-14-. The van der Waals surface area contributed by atoms with Crippen molar-refractivity contribution in [3.63, 3.8) is 0 Å². The van der Waals surface area contributed by atoms with Crippen molar-refractivity contribution in [2.24, 2.45) is 5.10 Å². The number of amides is 3. The number of anilines is 1. The Morgan fingerprint density at radius 1 is 1.00 bits per heavy atom. The van der Waals surface area contributed by atoms with E-state index in [1.165, 1.54) is 6.21 Å². The van der Waals surface area contributed by atoms with Gasteiger partial charge in [0.1, 0.15) is 5.75 Å². The van der Waals surface area contributed by atoms with Gasteiger partial charge in [0.05, 0.1) is 6.21 Å². The van der Waals surface area contributed by atoms with Crippen molar-refractivity contribution in [3.8, 4) is 5.75 Å². The third-order valence-corrected chi connectivity index (χ3v) is 4.44. The van der Waals surface area contributed by atoms with Crippen LogP contribution in [0.5, 0.6) is 5.75 Å². The summed E-state index contributed by atoms with van der Waals surface area (Å²) in [6.45, 7) is 6.33. The molecule has 2 aromatic rings. The molecule has 0 aliphatic rings. The largest absolute Gasteiger partial charge is 0.484 e. The van der Waals surface area contributed by atoms with Crippen molar-refractivity contribution in [2.45, 2.75) is 33.6 Å². The number of aryl methyl sites for hydroxylation is 2. The van der Waals surface area contributed by atoms with E-state index in [0.717, 1.165) is 29.7 Å². The Morgan fingerprint density at radius 2 is 1.74 bits per heavy atom. The van der Waals surface area contributed by atoms with Crippen molar-refractivity contribution in [3.05, 3.63) is 59.2 Å². The van der Waals surface area contributed by atoms with Crippen molar-refractivity contribution < 1.29 is 19.1 Å². The average molecular weight is 425 g/mol. The summed E-state index contributed by atoms with van der Waals surface area (Å²) in [6.07, 6.45) is 3.15. The maximum absolute atomic E-state index is 12.1. The highest BCUT2D eigenvalue weighted by Crippen LogP contribution is 2.15. The third kappa shape index (κ3) is 8.30. The van der Waals surface area contributed by atoms with E-state index in [0.29, 0.717) is 17.9 Å². The van der Waals surface area contributed by atoms with Crippen LogP contribution in [0.15, 0.2) is 47.6 Å². The Morgan fingerprint density at radius 3 is 2.42 bits per heavy atom. The second-order valence-electron chi connectivity index (χ2n) is 7.01. The predicted octanol–water partition coefficient (Wildman–Crippen LogP) is 2.69. The van der Waals surface area contributed by atoms with Crippen LogP contribution in [0.2, 0.25) is 0 Å². The molecule has 0 radical (unpaired) electrons. The fourth-order valence-corrected chi connectivity index (χ4v) is 2.49. The lowest BCUT2D eigenvalue weighted by Gasteiger charge is -2.09. The fourth-order valence-electron chi connectivity index (χ4n) is 2.49. The maximum atomic E-state index is 12.1. The highest BCUT2D eigenvalue weighted by Gasteiger charge is 2.11. The first-order valence-corrected chi connectivity index (χ1v) is 10.1. The number of hydrazone groups is 1. The molecule has 0 heterocycles. The van der Waals surface area contributed by atoms with E-state index in [1.54, 1.807) is 24.3 Å². The van der Waals surface area contributed by atoms with Gasteiger partial charge >= 0.3 is 11.8 Å². The minimum atomic E-state index is -0.818. The SMILES string of the molecule is CCCCNC(=O)C(=O)N/N=C\c1ccc(OCC(=O)Nc2ccc(C)c(C)c2)cc1. The zero-order valence-corrected chi connectivity index (χ0v) is 18.0. The lowest BCUT2D eigenvalue weighted by Crippen LogP contribution is -2.38. The van der Waals surface area contributed by atoms with Gasteiger partial charge < -0.3 is 15.4 Å². The van der Waals surface area contributed by atoms with Gasteiger partial charge in [0.2, 0.25) is 0 Å². The molecule has 0 unspecified atom stereocenters. The number of benzene rings is 2. The van der Waals surface area contributed by atoms with Crippen LogP contribution >= 0.6 is 0 Å². The van der Waals surface area contributed by atoms with E-state index < -0.39 is 11.8 Å². The van der Waals surface area contributed by atoms with Gasteiger partial charge in [-0.15, -0.1) is 0 Å². The summed E-state index contributed by atoms with van der Waals surface area (Å²) in [4.78, 5) is 35.2. The zero-order chi connectivity index (χ0) is 22.6. The topological polar surface area (TPSA) is 109 Å². The minimum Gasteiger partial charge on any atom is -0.484 e. The average Bonchev–Trinajstić information content (AvgIpc) is 2.75. The number of carbonyl (C=O) groups excluding carboxylic acids is 3. The molecule has 3 amide bonds. The van der Waals surface area contributed by atoms with Crippen molar-refractivity contribution >= 4 is 29.6 Å². The molecule has 3 N–H and O–H groups in total. The van der Waals surface area contributed by atoms with Crippen molar-refractivity contribution in [1.82, 2.24) is 10.7 Å². The zero-order valence-electron chi connectivity index (χ0n) is 18.0. The summed E-state index contributed by atoms with van der Waals surface area (Å²) in [5.74, 6) is -1.27. The number of hydrogen-bond donors (Lipinski definition) is 3. The lowest BCUT2D eigenvalue weighted by atomic mass is 10.1. The molecule has 0 bridgehead atoms. The van der Waals surface area contributed by atoms with Crippen LogP contribution < -0.4 is 20.8 Å². The summed E-state index contributed by atoms with van der Waals surface area (Å²) in [7, 11) is 0. The second-order valence-corrected chi connectivity index (χ2v) is 7.01. The fraction of sp³-hybridized carbons (Fsp3) is 0.304. The van der Waals surface area contributed by atoms with E-state index in [4.69, 9.17) is 4.74 Å². The molecule has 2 aromatic carbocycles. The van der Waals surface area contributed by atoms with Crippen LogP contribution in [-0.2, 0) is 14.4 Å². The molecule has 0 fully saturated rings. The third-order valence-electron chi connectivity index (χ3n) is 4.44. The van der Waals surface area contributed by atoms with Crippen molar-refractivity contribution in [1.29, 1.82) is 0 Å². The molecule has 0 aliphatic carbocycles. The molecule has 0 saturated carbocycles. The highest BCUT2D eigenvalue weighted by atomic mass is 16.5. The Bertz CT molecular complexity index is 939. The molecule has 0 aromatic heterocycles. The van der Waals surface area contributed by atoms with E-state index in [-0.39, 0.29) is 12.5 Å². The number of nitrogens with one attached hydrogen (secondary N) is 3. The van der Waals surface area contributed by atoms with Gasteiger partial charge in [-0.1, -0.05) is 19.4 Å². The molecule has 0 saturated heterocycles. The van der Waals surface area contributed by atoms with Gasteiger partial charge in [-0.3, -0.25) is 14.4 Å². The summed E-state index contributed by atoms with van der Waals surface area (Å²) < 4.78 is 5.49. The van der Waals surface area contributed by atoms with Crippen LogP contribution in [-0.4, -0.2) is 37.1 Å². The first kappa shape index (κ1) is 23.6. The molecule has 164 valence electrons. The van der Waals surface area contributed by atoms with Crippen molar-refractivity contribution in [2.75, 3.05) is 18.5 Å². The Kier molecular flexibility index (Phi) is 9.22. The van der Waals surface area contributed by atoms with Gasteiger partial charge in [0.15, 0.2) is 6.61 Å². The van der Waals surface area contributed by atoms with Crippen LogP contribution in [0.3, 0.4) is 0 Å². The molecular formula is C23H28N4O4. The van der Waals surface area contributed by atoms with E-state index in [2.05, 4.69) is 21.2 Å². The van der Waals surface area contributed by atoms with Gasteiger partial charge in [-0.25, -0.2) is 5.43 Å². The van der Waals surface area contributed by atoms with E-state index in [1.807, 2.05) is 39.0 Å². The predicted molar refractivity (Wildman–Crippen MR) is 120 cm³/mol.